The number of carbonyl (C=O) groups excluding carboxylic acids is 2. The van der Waals surface area contributed by atoms with Gasteiger partial charge in [-0.2, -0.15) is 0 Å². The van der Waals surface area contributed by atoms with E-state index in [4.69, 9.17) is 4.42 Å². The first-order valence-corrected chi connectivity index (χ1v) is 9.93. The number of rotatable bonds is 3. The zero-order chi connectivity index (χ0) is 22.4. The molecule has 2 heterocycles. The minimum Gasteiger partial charge on any atom is -0.507 e. The maximum Gasteiger partial charge on any atom is 0.300 e. The van der Waals surface area contributed by atoms with Gasteiger partial charge in [0.25, 0.3) is 11.7 Å². The smallest absolute Gasteiger partial charge is 0.300 e. The second kappa shape index (κ2) is 7.47. The molecule has 1 unspecified atom stereocenters. The molecule has 0 spiro atoms. The molecule has 6 heteroatoms. The minimum atomic E-state index is -1.01. The standard InChI is InChI=1S/C25H23NO5/c1-13-5-7-15(3)17(11-13)23(28)21-22(20-10-8-16(4)31-20)26(25(30)24(21)29)18-12-14(2)6-9-19(18)27/h5-12,22,27-28H,1-4H3/b23-21-. The van der Waals surface area contributed by atoms with E-state index in [1.165, 1.54) is 11.0 Å². The van der Waals surface area contributed by atoms with Gasteiger partial charge in [-0.1, -0.05) is 23.8 Å². The lowest BCUT2D eigenvalue weighted by molar-refractivity contribution is -0.132. The van der Waals surface area contributed by atoms with Crippen molar-refractivity contribution in [1.82, 2.24) is 0 Å². The molecule has 1 amide bonds. The Morgan fingerprint density at radius 3 is 2.29 bits per heavy atom. The van der Waals surface area contributed by atoms with Crippen LogP contribution >= 0.6 is 0 Å². The van der Waals surface area contributed by atoms with Crippen molar-refractivity contribution in [3.63, 3.8) is 0 Å². The number of anilines is 1. The van der Waals surface area contributed by atoms with Gasteiger partial charge in [0.05, 0.1) is 11.3 Å². The van der Waals surface area contributed by atoms with E-state index in [0.29, 0.717) is 17.1 Å². The van der Waals surface area contributed by atoms with Crippen molar-refractivity contribution in [3.05, 3.63) is 87.9 Å². The summed E-state index contributed by atoms with van der Waals surface area (Å²) in [7, 11) is 0. The quantitative estimate of drug-likeness (QED) is 0.361. The van der Waals surface area contributed by atoms with Gasteiger partial charge in [-0.25, -0.2) is 0 Å². The summed E-state index contributed by atoms with van der Waals surface area (Å²) in [6.45, 7) is 7.28. The fourth-order valence-corrected chi connectivity index (χ4v) is 3.91. The van der Waals surface area contributed by atoms with E-state index in [1.807, 2.05) is 32.9 Å². The van der Waals surface area contributed by atoms with E-state index >= 15 is 0 Å². The number of phenolic OH excluding ortho intramolecular Hbond substituents is 1. The van der Waals surface area contributed by atoms with Gasteiger partial charge in [0.1, 0.15) is 29.1 Å². The van der Waals surface area contributed by atoms with Crippen molar-refractivity contribution in [2.45, 2.75) is 33.7 Å². The van der Waals surface area contributed by atoms with Gasteiger partial charge in [0.15, 0.2) is 0 Å². The van der Waals surface area contributed by atoms with Gasteiger partial charge >= 0.3 is 0 Å². The van der Waals surface area contributed by atoms with Crippen LogP contribution in [0.3, 0.4) is 0 Å². The monoisotopic (exact) mass is 417 g/mol. The molecule has 1 aromatic heterocycles. The van der Waals surface area contributed by atoms with Crippen LogP contribution in [0.5, 0.6) is 5.75 Å². The molecule has 0 saturated carbocycles. The summed E-state index contributed by atoms with van der Waals surface area (Å²) in [5, 5.41) is 21.7. The number of ketones is 1. The summed E-state index contributed by atoms with van der Waals surface area (Å²) in [6.07, 6.45) is 0. The first kappa shape index (κ1) is 20.5. The van der Waals surface area contributed by atoms with Crippen LogP contribution in [-0.4, -0.2) is 21.9 Å². The fraction of sp³-hybridized carbons (Fsp3) is 0.200. The molecule has 1 aliphatic rings. The van der Waals surface area contributed by atoms with Crippen LogP contribution < -0.4 is 4.90 Å². The Hall–Kier alpha value is -3.80. The number of hydrogen-bond donors (Lipinski definition) is 2. The van der Waals surface area contributed by atoms with Crippen molar-refractivity contribution in [2.75, 3.05) is 4.90 Å². The first-order chi connectivity index (χ1) is 14.7. The number of hydrogen-bond acceptors (Lipinski definition) is 5. The first-order valence-electron chi connectivity index (χ1n) is 9.93. The molecule has 4 rings (SSSR count). The summed E-state index contributed by atoms with van der Waals surface area (Å²) in [5.74, 6) is -1.17. The third-order valence-corrected chi connectivity index (χ3v) is 5.51. The van der Waals surface area contributed by atoms with E-state index in [-0.39, 0.29) is 22.8 Å². The average Bonchev–Trinajstić information content (AvgIpc) is 3.26. The summed E-state index contributed by atoms with van der Waals surface area (Å²) >= 11 is 0. The topological polar surface area (TPSA) is 91.0 Å². The van der Waals surface area contributed by atoms with Crippen LogP contribution in [0.15, 0.2) is 58.5 Å². The molecule has 1 fully saturated rings. The van der Waals surface area contributed by atoms with Gasteiger partial charge in [-0.3, -0.25) is 14.5 Å². The molecule has 3 aromatic rings. The van der Waals surface area contributed by atoms with Crippen LogP contribution in [0, 0.1) is 27.7 Å². The highest BCUT2D eigenvalue weighted by Crippen LogP contribution is 2.45. The lowest BCUT2D eigenvalue weighted by atomic mass is 9.96. The molecule has 0 aliphatic carbocycles. The Bertz CT molecular complexity index is 1250. The molecule has 1 aliphatic heterocycles. The number of benzene rings is 2. The van der Waals surface area contributed by atoms with E-state index in [0.717, 1.165) is 16.7 Å². The highest BCUT2D eigenvalue weighted by molar-refractivity contribution is 6.51. The van der Waals surface area contributed by atoms with Gasteiger partial charge in [-0.15, -0.1) is 0 Å². The van der Waals surface area contributed by atoms with E-state index in [9.17, 15) is 19.8 Å². The predicted molar refractivity (Wildman–Crippen MR) is 117 cm³/mol. The van der Waals surface area contributed by atoms with Crippen molar-refractivity contribution >= 4 is 23.1 Å². The molecular formula is C25H23NO5. The van der Waals surface area contributed by atoms with Crippen LogP contribution in [0.1, 0.15) is 39.8 Å². The highest BCUT2D eigenvalue weighted by Gasteiger charge is 2.49. The SMILES string of the molecule is Cc1ccc(C)c(/C(O)=C2/C(=O)C(=O)N(c3cc(C)ccc3O)C2c2ccc(C)o2)c1. The van der Waals surface area contributed by atoms with Crippen molar-refractivity contribution in [2.24, 2.45) is 0 Å². The molecule has 2 aromatic carbocycles. The van der Waals surface area contributed by atoms with E-state index in [1.54, 1.807) is 37.3 Å². The fourth-order valence-electron chi connectivity index (χ4n) is 3.91. The van der Waals surface area contributed by atoms with Crippen LogP contribution in [0.4, 0.5) is 5.69 Å². The van der Waals surface area contributed by atoms with Gasteiger partial charge in [-0.05, 0) is 69.2 Å². The number of carbonyl (C=O) groups is 2. The summed E-state index contributed by atoms with van der Waals surface area (Å²) in [4.78, 5) is 27.5. The second-order valence-electron chi connectivity index (χ2n) is 7.93. The number of aliphatic hydroxyl groups is 1. The largest absolute Gasteiger partial charge is 0.507 e. The number of nitrogens with zero attached hydrogens (tertiary/aromatic N) is 1. The highest BCUT2D eigenvalue weighted by atomic mass is 16.3. The number of aromatic hydroxyl groups is 1. The van der Waals surface area contributed by atoms with Gasteiger partial charge in [0.2, 0.25) is 0 Å². The van der Waals surface area contributed by atoms with Crippen LogP contribution in [0.25, 0.3) is 5.76 Å². The molecule has 0 bridgehead atoms. The summed E-state index contributed by atoms with van der Waals surface area (Å²) in [6, 6.07) is 12.7. The third kappa shape index (κ3) is 3.40. The van der Waals surface area contributed by atoms with Gasteiger partial charge < -0.3 is 14.6 Å². The molecule has 1 saturated heterocycles. The van der Waals surface area contributed by atoms with Crippen LogP contribution in [-0.2, 0) is 9.59 Å². The number of Topliss-reactive ketones (excluding diaryl/α,β-unsaturated/α-hetero) is 1. The van der Waals surface area contributed by atoms with Crippen molar-refractivity contribution < 1.29 is 24.2 Å². The Kier molecular flexibility index (Phi) is 4.93. The number of furan rings is 1. The number of amides is 1. The number of aryl methyl sites for hydroxylation is 4. The lowest BCUT2D eigenvalue weighted by Gasteiger charge is -2.24. The normalized spacial score (nSPS) is 18.1. The minimum absolute atomic E-state index is 0.0750. The van der Waals surface area contributed by atoms with Crippen molar-refractivity contribution in [1.29, 1.82) is 0 Å². The molecule has 2 N–H and O–H groups in total. The molecule has 158 valence electrons. The Balaban J connectivity index is 2.01. The Morgan fingerprint density at radius 2 is 1.61 bits per heavy atom. The van der Waals surface area contributed by atoms with Crippen molar-refractivity contribution in [3.8, 4) is 5.75 Å². The maximum absolute atomic E-state index is 13.2. The predicted octanol–water partition coefficient (Wildman–Crippen LogP) is 4.85. The maximum atomic E-state index is 13.2. The zero-order valence-corrected chi connectivity index (χ0v) is 17.8. The Labute approximate surface area is 180 Å². The number of phenols is 1. The lowest BCUT2D eigenvalue weighted by Crippen LogP contribution is -2.29. The molecule has 6 nitrogen and oxygen atoms in total. The molecular weight excluding hydrogens is 394 g/mol. The molecule has 1 atom stereocenters. The molecule has 31 heavy (non-hydrogen) atoms. The van der Waals surface area contributed by atoms with Crippen LogP contribution in [0.2, 0.25) is 0 Å². The second-order valence-corrected chi connectivity index (χ2v) is 7.93. The molecule has 0 radical (unpaired) electrons. The van der Waals surface area contributed by atoms with Gasteiger partial charge in [0, 0.05) is 5.56 Å². The Morgan fingerprint density at radius 1 is 0.935 bits per heavy atom. The number of aliphatic hydroxyl groups excluding tert-OH is 1. The van der Waals surface area contributed by atoms with E-state index in [2.05, 4.69) is 0 Å². The summed E-state index contributed by atoms with van der Waals surface area (Å²) in [5.41, 5.74) is 3.05. The average molecular weight is 417 g/mol. The van der Waals surface area contributed by atoms with E-state index < -0.39 is 17.7 Å². The summed E-state index contributed by atoms with van der Waals surface area (Å²) < 4.78 is 5.78. The zero-order valence-electron chi connectivity index (χ0n) is 17.8. The third-order valence-electron chi connectivity index (χ3n) is 5.51.